The maximum Gasteiger partial charge on any atom is 0.185 e. The second kappa shape index (κ2) is 6.51. The molecule has 2 aromatic rings. The average molecular weight is 306 g/mol. The van der Waals surface area contributed by atoms with Crippen LogP contribution in [0.3, 0.4) is 0 Å². The van der Waals surface area contributed by atoms with Crippen molar-refractivity contribution < 1.29 is 4.39 Å². The lowest BCUT2D eigenvalue weighted by Gasteiger charge is -2.34. The van der Waals surface area contributed by atoms with E-state index in [9.17, 15) is 4.39 Å². The van der Waals surface area contributed by atoms with E-state index in [-0.39, 0.29) is 5.82 Å². The van der Waals surface area contributed by atoms with Crippen LogP contribution in [0.2, 0.25) is 0 Å². The van der Waals surface area contributed by atoms with E-state index in [1.165, 1.54) is 6.07 Å². The zero-order chi connectivity index (χ0) is 14.7. The SMILES string of the molecule is NCc1cc(F)cc(CN2CCN(c3nccs3)CC2)c1. The third-order valence-corrected chi connectivity index (χ3v) is 4.55. The van der Waals surface area contributed by atoms with Crippen LogP contribution < -0.4 is 10.6 Å². The number of benzene rings is 1. The summed E-state index contributed by atoms with van der Waals surface area (Å²) in [4.78, 5) is 9.00. The van der Waals surface area contributed by atoms with Gasteiger partial charge in [0.25, 0.3) is 0 Å². The highest BCUT2D eigenvalue weighted by Crippen LogP contribution is 2.20. The molecule has 1 aromatic heterocycles. The quantitative estimate of drug-likeness (QED) is 0.939. The Balaban J connectivity index is 1.59. The van der Waals surface area contributed by atoms with Gasteiger partial charge in [-0.3, -0.25) is 4.90 Å². The lowest BCUT2D eigenvalue weighted by molar-refractivity contribution is 0.249. The minimum absolute atomic E-state index is 0.200. The molecule has 0 bridgehead atoms. The lowest BCUT2D eigenvalue weighted by atomic mass is 10.1. The summed E-state index contributed by atoms with van der Waals surface area (Å²) in [6.45, 7) is 5.01. The van der Waals surface area contributed by atoms with Crippen LogP contribution >= 0.6 is 11.3 Å². The number of anilines is 1. The van der Waals surface area contributed by atoms with E-state index in [4.69, 9.17) is 5.73 Å². The summed E-state index contributed by atoms with van der Waals surface area (Å²) in [6.07, 6.45) is 1.84. The van der Waals surface area contributed by atoms with Gasteiger partial charge in [0.15, 0.2) is 5.13 Å². The topological polar surface area (TPSA) is 45.4 Å². The predicted octanol–water partition coefficient (Wildman–Crippen LogP) is 2.06. The van der Waals surface area contributed by atoms with E-state index in [2.05, 4.69) is 14.8 Å². The molecular formula is C15H19FN4S. The van der Waals surface area contributed by atoms with Crippen LogP contribution in [0.5, 0.6) is 0 Å². The molecule has 0 amide bonds. The van der Waals surface area contributed by atoms with E-state index in [1.54, 1.807) is 17.4 Å². The van der Waals surface area contributed by atoms with Crippen molar-refractivity contribution in [2.24, 2.45) is 5.73 Å². The van der Waals surface area contributed by atoms with Crippen LogP contribution in [0.4, 0.5) is 9.52 Å². The van der Waals surface area contributed by atoms with E-state index >= 15 is 0 Å². The zero-order valence-corrected chi connectivity index (χ0v) is 12.7. The Bertz CT molecular complexity index is 579. The first kappa shape index (κ1) is 14.4. The third kappa shape index (κ3) is 3.58. The van der Waals surface area contributed by atoms with Crippen LogP contribution in [0, 0.1) is 5.82 Å². The summed E-state index contributed by atoms with van der Waals surface area (Å²) < 4.78 is 13.5. The Morgan fingerprint density at radius 2 is 1.90 bits per heavy atom. The van der Waals surface area contributed by atoms with Crippen molar-refractivity contribution in [3.8, 4) is 0 Å². The van der Waals surface area contributed by atoms with Crippen molar-refractivity contribution >= 4 is 16.5 Å². The molecule has 2 heterocycles. The van der Waals surface area contributed by atoms with Crippen LogP contribution in [-0.4, -0.2) is 36.1 Å². The number of piperazine rings is 1. The number of thiazole rings is 1. The second-order valence-corrected chi connectivity index (χ2v) is 6.12. The minimum atomic E-state index is -0.200. The average Bonchev–Trinajstić information content (AvgIpc) is 3.01. The Morgan fingerprint density at radius 1 is 1.14 bits per heavy atom. The van der Waals surface area contributed by atoms with Crippen molar-refractivity contribution in [1.29, 1.82) is 0 Å². The van der Waals surface area contributed by atoms with Gasteiger partial charge in [-0.05, 0) is 23.3 Å². The molecular weight excluding hydrogens is 287 g/mol. The number of aromatic nitrogens is 1. The minimum Gasteiger partial charge on any atom is -0.346 e. The van der Waals surface area contributed by atoms with Crippen molar-refractivity contribution in [3.63, 3.8) is 0 Å². The van der Waals surface area contributed by atoms with Gasteiger partial charge >= 0.3 is 0 Å². The molecule has 1 saturated heterocycles. The van der Waals surface area contributed by atoms with Gasteiger partial charge in [-0.15, -0.1) is 11.3 Å². The highest BCUT2D eigenvalue weighted by molar-refractivity contribution is 7.13. The number of nitrogens with two attached hydrogens (primary N) is 1. The molecule has 21 heavy (non-hydrogen) atoms. The van der Waals surface area contributed by atoms with Gasteiger partial charge in [0, 0.05) is 50.8 Å². The number of nitrogens with zero attached hydrogens (tertiary/aromatic N) is 3. The zero-order valence-electron chi connectivity index (χ0n) is 11.8. The molecule has 1 aliphatic rings. The van der Waals surface area contributed by atoms with Gasteiger partial charge < -0.3 is 10.6 Å². The Hall–Kier alpha value is -1.50. The van der Waals surface area contributed by atoms with Gasteiger partial charge in [-0.25, -0.2) is 9.37 Å². The van der Waals surface area contributed by atoms with Crippen LogP contribution in [0.25, 0.3) is 0 Å². The standard InChI is InChI=1S/C15H19FN4S/c16-14-8-12(10-17)7-13(9-14)11-19-2-4-20(5-3-19)15-18-1-6-21-15/h1,6-9H,2-5,10-11,17H2. The fourth-order valence-corrected chi connectivity index (χ4v) is 3.35. The normalized spacial score (nSPS) is 16.4. The summed E-state index contributed by atoms with van der Waals surface area (Å²) in [5.74, 6) is -0.200. The van der Waals surface area contributed by atoms with E-state index in [0.717, 1.165) is 49.0 Å². The monoisotopic (exact) mass is 306 g/mol. The van der Waals surface area contributed by atoms with Gasteiger partial charge in [-0.1, -0.05) is 6.07 Å². The second-order valence-electron chi connectivity index (χ2n) is 5.25. The van der Waals surface area contributed by atoms with Crippen LogP contribution in [-0.2, 0) is 13.1 Å². The smallest absolute Gasteiger partial charge is 0.185 e. The molecule has 112 valence electrons. The number of halogens is 1. The Kier molecular flexibility index (Phi) is 4.48. The molecule has 0 atom stereocenters. The van der Waals surface area contributed by atoms with E-state index in [0.29, 0.717) is 6.54 Å². The Morgan fingerprint density at radius 3 is 2.57 bits per heavy atom. The molecule has 0 radical (unpaired) electrons. The molecule has 0 spiro atoms. The summed E-state index contributed by atoms with van der Waals surface area (Å²) in [5.41, 5.74) is 7.45. The summed E-state index contributed by atoms with van der Waals surface area (Å²) in [5, 5.41) is 3.09. The molecule has 0 aliphatic carbocycles. The molecule has 1 fully saturated rings. The first-order chi connectivity index (χ1) is 10.2. The molecule has 6 heteroatoms. The lowest BCUT2D eigenvalue weighted by Crippen LogP contribution is -2.45. The van der Waals surface area contributed by atoms with Crippen molar-refractivity contribution in [2.45, 2.75) is 13.1 Å². The van der Waals surface area contributed by atoms with Crippen LogP contribution in [0.15, 0.2) is 29.8 Å². The molecule has 0 saturated carbocycles. The highest BCUT2D eigenvalue weighted by atomic mass is 32.1. The summed E-state index contributed by atoms with van der Waals surface area (Å²) in [6, 6.07) is 5.10. The first-order valence-electron chi connectivity index (χ1n) is 7.10. The summed E-state index contributed by atoms with van der Waals surface area (Å²) in [7, 11) is 0. The molecule has 1 aliphatic heterocycles. The maximum absolute atomic E-state index is 13.5. The largest absolute Gasteiger partial charge is 0.346 e. The van der Waals surface area contributed by atoms with Crippen molar-refractivity contribution in [2.75, 3.05) is 31.1 Å². The fraction of sp³-hybridized carbons (Fsp3) is 0.400. The van der Waals surface area contributed by atoms with Gasteiger partial charge in [0.2, 0.25) is 0 Å². The molecule has 2 N–H and O–H groups in total. The highest BCUT2D eigenvalue weighted by Gasteiger charge is 2.18. The van der Waals surface area contributed by atoms with Crippen molar-refractivity contribution in [3.05, 3.63) is 46.7 Å². The van der Waals surface area contributed by atoms with Gasteiger partial charge in [-0.2, -0.15) is 0 Å². The molecule has 4 nitrogen and oxygen atoms in total. The number of rotatable bonds is 4. The molecule has 3 rings (SSSR count). The molecule has 0 unspecified atom stereocenters. The summed E-state index contributed by atoms with van der Waals surface area (Å²) >= 11 is 1.67. The molecule has 1 aromatic carbocycles. The van der Waals surface area contributed by atoms with E-state index in [1.807, 2.05) is 17.6 Å². The number of hydrogen-bond donors (Lipinski definition) is 1. The maximum atomic E-state index is 13.5. The van der Waals surface area contributed by atoms with Crippen molar-refractivity contribution in [1.82, 2.24) is 9.88 Å². The van der Waals surface area contributed by atoms with Crippen LogP contribution in [0.1, 0.15) is 11.1 Å². The third-order valence-electron chi connectivity index (χ3n) is 3.72. The fourth-order valence-electron chi connectivity index (χ4n) is 2.65. The van der Waals surface area contributed by atoms with Gasteiger partial charge in [0.05, 0.1) is 0 Å². The Labute approximate surface area is 128 Å². The predicted molar refractivity (Wildman–Crippen MR) is 83.9 cm³/mol. The van der Waals surface area contributed by atoms with Gasteiger partial charge in [0.1, 0.15) is 5.82 Å². The first-order valence-corrected chi connectivity index (χ1v) is 7.98. The van der Waals surface area contributed by atoms with E-state index < -0.39 is 0 Å². The number of hydrogen-bond acceptors (Lipinski definition) is 5.